The highest BCUT2D eigenvalue weighted by Gasteiger charge is 2.23. The normalized spacial score (nSPS) is 15.8. The molecule has 2 amide bonds. The van der Waals surface area contributed by atoms with E-state index in [-0.39, 0.29) is 12.5 Å². The number of amides is 2. The first kappa shape index (κ1) is 14.4. The molecule has 0 radical (unpaired) electrons. The molecular formula is C11H19N3O4. The van der Waals surface area contributed by atoms with E-state index in [0.717, 1.165) is 12.8 Å². The van der Waals surface area contributed by atoms with Crippen LogP contribution in [0, 0.1) is 0 Å². The predicted octanol–water partition coefficient (Wildman–Crippen LogP) is -1.17. The van der Waals surface area contributed by atoms with Crippen molar-refractivity contribution in [3.8, 4) is 0 Å². The van der Waals surface area contributed by atoms with Crippen molar-refractivity contribution < 1.29 is 19.5 Å². The number of aliphatic carboxylic acids is 1. The molecule has 7 heteroatoms. The number of nitrogens with one attached hydrogen (secondary N) is 3. The SMILES string of the molecule is CC(=O)NC(CNCCC(=O)NC1CC1)C(=O)O. The topological polar surface area (TPSA) is 108 Å². The Hall–Kier alpha value is -1.63. The lowest BCUT2D eigenvalue weighted by Gasteiger charge is -2.13. The summed E-state index contributed by atoms with van der Waals surface area (Å²) in [6.45, 7) is 1.76. The third kappa shape index (κ3) is 6.19. The second-order valence-corrected chi connectivity index (χ2v) is 4.39. The Kier molecular flexibility index (Phi) is 5.57. The summed E-state index contributed by atoms with van der Waals surface area (Å²) in [5.41, 5.74) is 0. The number of carbonyl (C=O) groups is 3. The molecule has 0 aromatic carbocycles. The van der Waals surface area contributed by atoms with Crippen LogP contribution >= 0.6 is 0 Å². The molecular weight excluding hydrogens is 238 g/mol. The molecule has 0 aromatic heterocycles. The van der Waals surface area contributed by atoms with Gasteiger partial charge in [0.1, 0.15) is 6.04 Å². The molecule has 1 unspecified atom stereocenters. The van der Waals surface area contributed by atoms with Gasteiger partial charge >= 0.3 is 5.97 Å². The fourth-order valence-corrected chi connectivity index (χ4v) is 1.42. The molecule has 1 fully saturated rings. The minimum absolute atomic E-state index is 0.0311. The summed E-state index contributed by atoms with van der Waals surface area (Å²) < 4.78 is 0. The summed E-state index contributed by atoms with van der Waals surface area (Å²) in [4.78, 5) is 32.9. The van der Waals surface area contributed by atoms with Crippen LogP contribution in [0.2, 0.25) is 0 Å². The maximum atomic E-state index is 11.3. The van der Waals surface area contributed by atoms with Crippen LogP contribution in [0.4, 0.5) is 0 Å². The second-order valence-electron chi connectivity index (χ2n) is 4.39. The molecule has 7 nitrogen and oxygen atoms in total. The molecule has 0 saturated heterocycles. The van der Waals surface area contributed by atoms with E-state index in [9.17, 15) is 14.4 Å². The van der Waals surface area contributed by atoms with E-state index in [4.69, 9.17) is 5.11 Å². The summed E-state index contributed by atoms with van der Waals surface area (Å²) >= 11 is 0. The van der Waals surface area contributed by atoms with Crippen molar-refractivity contribution in [2.75, 3.05) is 13.1 Å². The summed E-state index contributed by atoms with van der Waals surface area (Å²) in [5, 5.41) is 16.8. The van der Waals surface area contributed by atoms with E-state index >= 15 is 0 Å². The van der Waals surface area contributed by atoms with Crippen molar-refractivity contribution in [1.29, 1.82) is 0 Å². The maximum absolute atomic E-state index is 11.3. The van der Waals surface area contributed by atoms with E-state index < -0.39 is 17.9 Å². The monoisotopic (exact) mass is 257 g/mol. The Balaban J connectivity index is 2.11. The Morgan fingerprint density at radius 1 is 1.33 bits per heavy atom. The first-order valence-electron chi connectivity index (χ1n) is 5.99. The average Bonchev–Trinajstić information content (AvgIpc) is 3.05. The summed E-state index contributed by atoms with van der Waals surface area (Å²) in [6, 6.07) is -0.627. The minimum atomic E-state index is -1.10. The van der Waals surface area contributed by atoms with Crippen molar-refractivity contribution in [2.24, 2.45) is 0 Å². The Morgan fingerprint density at radius 2 is 2.00 bits per heavy atom. The van der Waals surface area contributed by atoms with Gasteiger partial charge in [0.15, 0.2) is 0 Å². The first-order chi connectivity index (χ1) is 8.49. The fourth-order valence-electron chi connectivity index (χ4n) is 1.42. The summed E-state index contributed by atoms with van der Waals surface area (Å²) in [7, 11) is 0. The molecule has 0 spiro atoms. The van der Waals surface area contributed by atoms with Crippen LogP contribution in [-0.4, -0.2) is 48.1 Å². The highest BCUT2D eigenvalue weighted by molar-refractivity contribution is 5.82. The van der Waals surface area contributed by atoms with Crippen LogP contribution in [-0.2, 0) is 14.4 Å². The molecule has 102 valence electrons. The lowest BCUT2D eigenvalue weighted by atomic mass is 10.3. The highest BCUT2D eigenvalue weighted by atomic mass is 16.4. The second kappa shape index (κ2) is 6.95. The van der Waals surface area contributed by atoms with Gasteiger partial charge in [-0.2, -0.15) is 0 Å². The van der Waals surface area contributed by atoms with Crippen LogP contribution in [0.3, 0.4) is 0 Å². The molecule has 0 bridgehead atoms. The number of rotatable bonds is 8. The standard InChI is InChI=1S/C11H19N3O4/c1-7(15)13-9(11(17)18)6-12-5-4-10(16)14-8-2-3-8/h8-9,12H,2-6H2,1H3,(H,13,15)(H,14,16)(H,17,18). The Morgan fingerprint density at radius 3 is 2.50 bits per heavy atom. The molecule has 0 aliphatic heterocycles. The zero-order valence-corrected chi connectivity index (χ0v) is 10.4. The van der Waals surface area contributed by atoms with Gasteiger partial charge in [0, 0.05) is 32.5 Å². The highest BCUT2D eigenvalue weighted by Crippen LogP contribution is 2.18. The molecule has 1 atom stereocenters. The predicted molar refractivity (Wildman–Crippen MR) is 63.9 cm³/mol. The van der Waals surface area contributed by atoms with Gasteiger partial charge in [0.05, 0.1) is 0 Å². The zero-order valence-electron chi connectivity index (χ0n) is 10.4. The largest absolute Gasteiger partial charge is 0.480 e. The number of hydrogen-bond donors (Lipinski definition) is 4. The number of carbonyl (C=O) groups excluding carboxylic acids is 2. The van der Waals surface area contributed by atoms with Gasteiger partial charge in [-0.25, -0.2) is 4.79 Å². The fraction of sp³-hybridized carbons (Fsp3) is 0.727. The van der Waals surface area contributed by atoms with Gasteiger partial charge in [-0.1, -0.05) is 0 Å². The molecule has 1 saturated carbocycles. The quantitative estimate of drug-likeness (QED) is 0.410. The average molecular weight is 257 g/mol. The summed E-state index contributed by atoms with van der Waals surface area (Å²) in [5.74, 6) is -1.52. The van der Waals surface area contributed by atoms with Crippen LogP contribution in [0.5, 0.6) is 0 Å². The van der Waals surface area contributed by atoms with E-state index in [1.807, 2.05) is 0 Å². The molecule has 0 heterocycles. The minimum Gasteiger partial charge on any atom is -0.480 e. The van der Waals surface area contributed by atoms with Crippen molar-refractivity contribution in [3.05, 3.63) is 0 Å². The van der Waals surface area contributed by atoms with E-state index in [2.05, 4.69) is 16.0 Å². The molecule has 1 rings (SSSR count). The lowest BCUT2D eigenvalue weighted by molar-refractivity contribution is -0.141. The Bertz CT molecular complexity index is 328. The van der Waals surface area contributed by atoms with Crippen LogP contribution in [0.15, 0.2) is 0 Å². The maximum Gasteiger partial charge on any atom is 0.327 e. The van der Waals surface area contributed by atoms with E-state index in [1.54, 1.807) is 0 Å². The van der Waals surface area contributed by atoms with Crippen molar-refractivity contribution in [3.63, 3.8) is 0 Å². The van der Waals surface area contributed by atoms with Crippen LogP contribution < -0.4 is 16.0 Å². The first-order valence-corrected chi connectivity index (χ1v) is 5.99. The zero-order chi connectivity index (χ0) is 13.5. The number of carboxylic acids is 1. The third-order valence-electron chi connectivity index (χ3n) is 2.50. The van der Waals surface area contributed by atoms with E-state index in [1.165, 1.54) is 6.92 Å². The van der Waals surface area contributed by atoms with Gasteiger partial charge < -0.3 is 21.1 Å². The Labute approximate surface area is 105 Å². The molecule has 1 aliphatic carbocycles. The summed E-state index contributed by atoms with van der Waals surface area (Å²) in [6.07, 6.45) is 2.40. The van der Waals surface area contributed by atoms with Crippen LogP contribution in [0.1, 0.15) is 26.2 Å². The van der Waals surface area contributed by atoms with Crippen molar-refractivity contribution in [2.45, 2.75) is 38.3 Å². The molecule has 18 heavy (non-hydrogen) atoms. The van der Waals surface area contributed by atoms with Crippen LogP contribution in [0.25, 0.3) is 0 Å². The van der Waals surface area contributed by atoms with E-state index in [0.29, 0.717) is 19.0 Å². The molecule has 4 N–H and O–H groups in total. The number of carboxylic acid groups (broad SMARTS) is 1. The van der Waals surface area contributed by atoms with Gasteiger partial charge in [0.25, 0.3) is 0 Å². The van der Waals surface area contributed by atoms with Crippen molar-refractivity contribution in [1.82, 2.24) is 16.0 Å². The van der Waals surface area contributed by atoms with Gasteiger partial charge in [-0.05, 0) is 12.8 Å². The van der Waals surface area contributed by atoms with Gasteiger partial charge in [-0.3, -0.25) is 9.59 Å². The van der Waals surface area contributed by atoms with Crippen molar-refractivity contribution >= 4 is 17.8 Å². The molecule has 0 aromatic rings. The third-order valence-corrected chi connectivity index (χ3v) is 2.50. The smallest absolute Gasteiger partial charge is 0.327 e. The van der Waals surface area contributed by atoms with Gasteiger partial charge in [0.2, 0.25) is 11.8 Å². The number of hydrogen-bond acceptors (Lipinski definition) is 4. The lowest BCUT2D eigenvalue weighted by Crippen LogP contribution is -2.47. The molecule has 1 aliphatic rings. The van der Waals surface area contributed by atoms with Gasteiger partial charge in [-0.15, -0.1) is 0 Å².